The molecule has 4 rings (SSSR count). The van der Waals surface area contributed by atoms with Crippen molar-refractivity contribution in [3.8, 4) is 0 Å². The molecule has 2 aromatic heterocycles. The van der Waals surface area contributed by atoms with E-state index in [0.29, 0.717) is 30.0 Å². The predicted molar refractivity (Wildman–Crippen MR) is 109 cm³/mol. The van der Waals surface area contributed by atoms with Gasteiger partial charge in [-0.25, -0.2) is 9.24 Å². The standard InChI is InChI=1S/C21H18FN5O2/c1-12-7-19(28)26-18-4-3-14(8-16(12)18)25-21(29)17-9-15(23-2)10-24-20(17)27-6-5-13(22)11-27/h3-4,7-10,13H,5-6,11H2,1H3,(H,25,29)(H,26,28). The molecule has 2 N–H and O–H groups in total. The Labute approximate surface area is 166 Å². The van der Waals surface area contributed by atoms with Crippen LogP contribution in [0.3, 0.4) is 0 Å². The number of hydrogen-bond donors (Lipinski definition) is 2. The lowest BCUT2D eigenvalue weighted by molar-refractivity contribution is 0.102. The SMILES string of the molecule is [C-]#[N+]c1cnc(N2CCC(F)C2)c(C(=O)Nc2ccc3[nH]c(=O)cc(C)c3c2)c1. The molecule has 8 heteroatoms. The number of amides is 1. The number of aromatic nitrogens is 2. The largest absolute Gasteiger partial charge is 0.353 e. The zero-order chi connectivity index (χ0) is 20.5. The smallest absolute Gasteiger partial charge is 0.258 e. The van der Waals surface area contributed by atoms with Gasteiger partial charge in [0.1, 0.15) is 12.0 Å². The Morgan fingerprint density at radius 2 is 2.21 bits per heavy atom. The molecule has 0 spiro atoms. The van der Waals surface area contributed by atoms with E-state index in [0.717, 1.165) is 10.9 Å². The number of halogens is 1. The fourth-order valence-electron chi connectivity index (χ4n) is 3.54. The number of alkyl halides is 1. The minimum absolute atomic E-state index is 0.174. The fraction of sp³-hybridized carbons (Fsp3) is 0.238. The van der Waals surface area contributed by atoms with Crippen LogP contribution in [-0.2, 0) is 0 Å². The molecule has 146 valence electrons. The minimum Gasteiger partial charge on any atom is -0.353 e. The molecule has 3 heterocycles. The minimum atomic E-state index is -0.959. The van der Waals surface area contributed by atoms with Gasteiger partial charge >= 0.3 is 0 Å². The maximum atomic E-state index is 13.7. The number of anilines is 2. The first kappa shape index (κ1) is 18.6. The van der Waals surface area contributed by atoms with Crippen molar-refractivity contribution in [1.29, 1.82) is 0 Å². The summed E-state index contributed by atoms with van der Waals surface area (Å²) in [5.41, 5.74) is 2.30. The van der Waals surface area contributed by atoms with Crippen molar-refractivity contribution in [3.05, 3.63) is 69.4 Å². The quantitative estimate of drug-likeness (QED) is 0.669. The van der Waals surface area contributed by atoms with Crippen LogP contribution >= 0.6 is 0 Å². The average Bonchev–Trinajstić information content (AvgIpc) is 3.14. The van der Waals surface area contributed by atoms with E-state index in [2.05, 4.69) is 20.1 Å². The first-order valence-corrected chi connectivity index (χ1v) is 9.16. The molecule has 1 aliphatic rings. The summed E-state index contributed by atoms with van der Waals surface area (Å²) in [6, 6.07) is 8.16. The van der Waals surface area contributed by atoms with Crippen LogP contribution in [0, 0.1) is 13.5 Å². The Bertz CT molecular complexity index is 1210. The molecule has 1 atom stereocenters. The number of fused-ring (bicyclic) bond motifs is 1. The van der Waals surface area contributed by atoms with E-state index >= 15 is 0 Å². The van der Waals surface area contributed by atoms with Crippen molar-refractivity contribution in [3.63, 3.8) is 0 Å². The van der Waals surface area contributed by atoms with Gasteiger partial charge < -0.3 is 15.2 Å². The molecule has 0 saturated carbocycles. The Kier molecular flexibility index (Phi) is 4.72. The number of aromatic amines is 1. The topological polar surface area (TPSA) is 82.4 Å². The highest BCUT2D eigenvalue weighted by Gasteiger charge is 2.27. The van der Waals surface area contributed by atoms with Crippen LogP contribution < -0.4 is 15.8 Å². The van der Waals surface area contributed by atoms with Crippen LogP contribution in [0.4, 0.5) is 21.6 Å². The second kappa shape index (κ2) is 7.36. The molecule has 1 saturated heterocycles. The van der Waals surface area contributed by atoms with Crippen LogP contribution in [0.15, 0.2) is 41.3 Å². The van der Waals surface area contributed by atoms with Crippen LogP contribution in [0.25, 0.3) is 15.7 Å². The zero-order valence-electron chi connectivity index (χ0n) is 15.7. The molecule has 1 fully saturated rings. The Hall–Kier alpha value is -3.73. The van der Waals surface area contributed by atoms with Gasteiger partial charge in [-0.05, 0) is 43.2 Å². The summed E-state index contributed by atoms with van der Waals surface area (Å²) < 4.78 is 13.7. The normalized spacial score (nSPS) is 16.0. The highest BCUT2D eigenvalue weighted by Crippen LogP contribution is 2.28. The Morgan fingerprint density at radius 3 is 2.93 bits per heavy atom. The number of pyridine rings is 2. The lowest BCUT2D eigenvalue weighted by Crippen LogP contribution is -2.25. The summed E-state index contributed by atoms with van der Waals surface area (Å²) >= 11 is 0. The third-order valence-electron chi connectivity index (χ3n) is 4.96. The first-order chi connectivity index (χ1) is 13.9. The summed E-state index contributed by atoms with van der Waals surface area (Å²) in [5, 5.41) is 3.64. The second-order valence-electron chi connectivity index (χ2n) is 7.04. The molecule has 3 aromatic rings. The van der Waals surface area contributed by atoms with Gasteiger partial charge in [0.2, 0.25) is 11.2 Å². The fourth-order valence-corrected chi connectivity index (χ4v) is 3.54. The molecule has 7 nitrogen and oxygen atoms in total. The maximum Gasteiger partial charge on any atom is 0.258 e. The Balaban J connectivity index is 1.68. The van der Waals surface area contributed by atoms with E-state index in [1.165, 1.54) is 18.3 Å². The van der Waals surface area contributed by atoms with Crippen molar-refractivity contribution >= 4 is 34.0 Å². The van der Waals surface area contributed by atoms with Gasteiger partial charge in [0, 0.05) is 35.4 Å². The summed E-state index contributed by atoms with van der Waals surface area (Å²) in [5.74, 6) is -0.0573. The first-order valence-electron chi connectivity index (χ1n) is 9.16. The number of H-pyrrole nitrogens is 1. The lowest BCUT2D eigenvalue weighted by atomic mass is 10.1. The summed E-state index contributed by atoms with van der Waals surface area (Å²) in [4.78, 5) is 36.7. The second-order valence-corrected chi connectivity index (χ2v) is 7.04. The van der Waals surface area contributed by atoms with Crippen LogP contribution in [0.5, 0.6) is 0 Å². The summed E-state index contributed by atoms with van der Waals surface area (Å²) in [6.45, 7) is 9.66. The molecule has 0 bridgehead atoms. The van der Waals surface area contributed by atoms with E-state index < -0.39 is 12.1 Å². The molecule has 1 unspecified atom stereocenters. The number of nitrogens with zero attached hydrogens (tertiary/aromatic N) is 3. The van der Waals surface area contributed by atoms with E-state index in [1.54, 1.807) is 23.1 Å². The van der Waals surface area contributed by atoms with Gasteiger partial charge in [0.15, 0.2) is 0 Å². The van der Waals surface area contributed by atoms with Crippen molar-refractivity contribution in [2.75, 3.05) is 23.3 Å². The lowest BCUT2D eigenvalue weighted by Gasteiger charge is -2.20. The van der Waals surface area contributed by atoms with Crippen LogP contribution in [0.2, 0.25) is 0 Å². The number of benzene rings is 1. The van der Waals surface area contributed by atoms with Gasteiger partial charge in [0.25, 0.3) is 5.91 Å². The number of carbonyl (C=O) groups is 1. The van der Waals surface area contributed by atoms with Gasteiger partial charge in [-0.15, -0.1) is 0 Å². The molecular formula is C21H18FN5O2. The molecular weight excluding hydrogens is 373 g/mol. The van der Waals surface area contributed by atoms with E-state index in [1.807, 2.05) is 6.92 Å². The molecule has 1 aromatic carbocycles. The van der Waals surface area contributed by atoms with Gasteiger partial charge in [0.05, 0.1) is 18.7 Å². The number of carbonyl (C=O) groups excluding carboxylic acids is 1. The monoisotopic (exact) mass is 391 g/mol. The molecule has 29 heavy (non-hydrogen) atoms. The maximum absolute atomic E-state index is 13.7. The van der Waals surface area contributed by atoms with E-state index in [-0.39, 0.29) is 23.4 Å². The molecule has 1 amide bonds. The van der Waals surface area contributed by atoms with Crippen LogP contribution in [0.1, 0.15) is 22.3 Å². The van der Waals surface area contributed by atoms with Crippen molar-refractivity contribution in [2.45, 2.75) is 19.5 Å². The highest BCUT2D eigenvalue weighted by atomic mass is 19.1. The molecule has 0 radical (unpaired) electrons. The number of nitrogens with one attached hydrogen (secondary N) is 2. The van der Waals surface area contributed by atoms with Gasteiger partial charge in [-0.1, -0.05) is 0 Å². The van der Waals surface area contributed by atoms with Gasteiger partial charge in [-0.3, -0.25) is 14.6 Å². The predicted octanol–water partition coefficient (Wildman–Crippen LogP) is 3.58. The number of rotatable bonds is 3. The van der Waals surface area contributed by atoms with Crippen molar-refractivity contribution in [2.24, 2.45) is 0 Å². The van der Waals surface area contributed by atoms with E-state index in [4.69, 9.17) is 6.57 Å². The third-order valence-corrected chi connectivity index (χ3v) is 4.96. The van der Waals surface area contributed by atoms with Gasteiger partial charge in [-0.2, -0.15) is 0 Å². The Morgan fingerprint density at radius 1 is 1.38 bits per heavy atom. The zero-order valence-corrected chi connectivity index (χ0v) is 15.7. The van der Waals surface area contributed by atoms with E-state index in [9.17, 15) is 14.0 Å². The third kappa shape index (κ3) is 3.67. The summed E-state index contributed by atoms with van der Waals surface area (Å²) in [6.07, 6.45) is 0.814. The summed E-state index contributed by atoms with van der Waals surface area (Å²) in [7, 11) is 0. The molecule has 1 aliphatic heterocycles. The number of aryl methyl sites for hydroxylation is 1. The average molecular weight is 391 g/mol. The number of hydrogen-bond acceptors (Lipinski definition) is 4. The van der Waals surface area contributed by atoms with Crippen molar-refractivity contribution < 1.29 is 9.18 Å². The van der Waals surface area contributed by atoms with Crippen LogP contribution in [-0.4, -0.2) is 35.1 Å². The molecule has 0 aliphatic carbocycles. The van der Waals surface area contributed by atoms with Crippen molar-refractivity contribution in [1.82, 2.24) is 9.97 Å². The highest BCUT2D eigenvalue weighted by molar-refractivity contribution is 6.08.